The van der Waals surface area contributed by atoms with E-state index in [1.54, 1.807) is 16.2 Å². The molecule has 0 unspecified atom stereocenters. The summed E-state index contributed by atoms with van der Waals surface area (Å²) in [6.07, 6.45) is 0. The second kappa shape index (κ2) is 6.81. The number of thiazole rings is 1. The first-order valence-corrected chi connectivity index (χ1v) is 9.09. The molecule has 3 rings (SSSR count). The molecule has 5 heteroatoms. The highest BCUT2D eigenvalue weighted by Gasteiger charge is 2.23. The lowest BCUT2D eigenvalue weighted by molar-refractivity contribution is 0.0983. The Morgan fingerprint density at radius 2 is 1.87 bits per heavy atom. The number of carbonyl (C=O) groups is 1. The van der Waals surface area contributed by atoms with Crippen LogP contribution >= 0.6 is 27.3 Å². The number of benzene rings is 2. The van der Waals surface area contributed by atoms with Gasteiger partial charge in [-0.15, -0.1) is 0 Å². The lowest BCUT2D eigenvalue weighted by atomic mass is 10.1. The minimum atomic E-state index is -0.0229. The molecule has 0 radical (unpaired) electrons. The summed E-state index contributed by atoms with van der Waals surface area (Å²) in [7, 11) is 0. The van der Waals surface area contributed by atoms with E-state index in [2.05, 4.69) is 34.8 Å². The molecule has 118 valence electrons. The number of rotatable bonds is 4. The summed E-state index contributed by atoms with van der Waals surface area (Å²) < 4.78 is 1.90. The Labute approximate surface area is 148 Å². The standard InChI is InChI=1S/C18H17BrN2OS/c1-12(2)11-21(17(22)13-7-3-4-8-14(13)19)18-20-15-9-5-6-10-16(15)23-18/h3-10,12H,11H2,1-2H3. The SMILES string of the molecule is CC(C)CN(C(=O)c1ccccc1Br)c1nc2ccccc2s1. The smallest absolute Gasteiger partial charge is 0.261 e. The summed E-state index contributed by atoms with van der Waals surface area (Å²) >= 11 is 5.03. The fourth-order valence-electron chi connectivity index (χ4n) is 2.37. The van der Waals surface area contributed by atoms with E-state index in [9.17, 15) is 4.79 Å². The lowest BCUT2D eigenvalue weighted by Crippen LogP contribution is -2.34. The third kappa shape index (κ3) is 3.46. The van der Waals surface area contributed by atoms with Crippen molar-refractivity contribution >= 4 is 48.5 Å². The first kappa shape index (κ1) is 16.1. The van der Waals surface area contributed by atoms with Crippen molar-refractivity contribution in [3.8, 4) is 0 Å². The number of para-hydroxylation sites is 1. The average molecular weight is 389 g/mol. The third-order valence-electron chi connectivity index (χ3n) is 3.41. The number of carbonyl (C=O) groups excluding carboxylic acids is 1. The maximum Gasteiger partial charge on any atom is 0.261 e. The number of hydrogen-bond donors (Lipinski definition) is 0. The second-order valence-corrected chi connectivity index (χ2v) is 7.62. The van der Waals surface area contributed by atoms with Crippen molar-refractivity contribution in [3.05, 3.63) is 58.6 Å². The van der Waals surface area contributed by atoms with E-state index < -0.39 is 0 Å². The van der Waals surface area contributed by atoms with Gasteiger partial charge in [0, 0.05) is 11.0 Å². The Kier molecular flexibility index (Phi) is 4.78. The van der Waals surface area contributed by atoms with Crippen molar-refractivity contribution < 1.29 is 4.79 Å². The molecule has 0 spiro atoms. The summed E-state index contributed by atoms with van der Waals surface area (Å²) in [5.41, 5.74) is 1.59. The van der Waals surface area contributed by atoms with Crippen LogP contribution in [0.4, 0.5) is 5.13 Å². The molecule has 0 saturated carbocycles. The number of nitrogens with zero attached hydrogens (tertiary/aromatic N) is 2. The van der Waals surface area contributed by atoms with Gasteiger partial charge in [0.2, 0.25) is 0 Å². The van der Waals surface area contributed by atoms with Crippen LogP contribution < -0.4 is 4.90 Å². The highest BCUT2D eigenvalue weighted by Crippen LogP contribution is 2.31. The van der Waals surface area contributed by atoms with Crippen LogP contribution in [-0.2, 0) is 0 Å². The molecule has 1 amide bonds. The summed E-state index contributed by atoms with van der Waals surface area (Å²) in [5.74, 6) is 0.332. The largest absolute Gasteiger partial charge is 0.284 e. The Hall–Kier alpha value is -1.72. The van der Waals surface area contributed by atoms with Crippen LogP contribution in [0.3, 0.4) is 0 Å². The molecule has 1 aromatic heterocycles. The van der Waals surface area contributed by atoms with Crippen molar-refractivity contribution in [1.82, 2.24) is 4.98 Å². The first-order valence-electron chi connectivity index (χ1n) is 7.48. The average Bonchev–Trinajstić information content (AvgIpc) is 2.96. The number of amides is 1. The Morgan fingerprint density at radius 3 is 2.57 bits per heavy atom. The molecule has 0 bridgehead atoms. The van der Waals surface area contributed by atoms with Crippen molar-refractivity contribution in [2.24, 2.45) is 5.92 Å². The minimum Gasteiger partial charge on any atom is -0.284 e. The van der Waals surface area contributed by atoms with Gasteiger partial charge in [-0.25, -0.2) is 4.98 Å². The molecule has 3 nitrogen and oxygen atoms in total. The lowest BCUT2D eigenvalue weighted by Gasteiger charge is -2.22. The van der Waals surface area contributed by atoms with E-state index in [1.165, 1.54) is 0 Å². The zero-order valence-corrected chi connectivity index (χ0v) is 15.4. The molecule has 1 heterocycles. The van der Waals surface area contributed by atoms with E-state index in [0.29, 0.717) is 18.0 Å². The van der Waals surface area contributed by atoms with E-state index >= 15 is 0 Å². The molecule has 0 N–H and O–H groups in total. The molecular formula is C18H17BrN2OS. The van der Waals surface area contributed by atoms with E-state index in [0.717, 1.165) is 19.8 Å². The van der Waals surface area contributed by atoms with Gasteiger partial charge in [-0.3, -0.25) is 9.69 Å². The summed E-state index contributed by atoms with van der Waals surface area (Å²) in [6.45, 7) is 4.85. The Morgan fingerprint density at radius 1 is 1.17 bits per heavy atom. The molecule has 2 aromatic carbocycles. The van der Waals surface area contributed by atoms with Crippen LogP contribution in [0.1, 0.15) is 24.2 Å². The Balaban J connectivity index is 2.03. The van der Waals surface area contributed by atoms with Crippen molar-refractivity contribution in [2.45, 2.75) is 13.8 Å². The normalized spacial score (nSPS) is 11.1. The molecule has 0 saturated heterocycles. The van der Waals surface area contributed by atoms with Gasteiger partial charge in [0.25, 0.3) is 5.91 Å². The van der Waals surface area contributed by atoms with Gasteiger partial charge in [0.15, 0.2) is 5.13 Å². The van der Waals surface area contributed by atoms with Gasteiger partial charge in [-0.05, 0) is 46.1 Å². The zero-order valence-electron chi connectivity index (χ0n) is 13.0. The quantitative estimate of drug-likeness (QED) is 0.602. The van der Waals surface area contributed by atoms with Crippen LogP contribution in [0.25, 0.3) is 10.2 Å². The van der Waals surface area contributed by atoms with E-state index in [4.69, 9.17) is 0 Å². The maximum absolute atomic E-state index is 13.0. The van der Waals surface area contributed by atoms with E-state index in [1.807, 2.05) is 48.5 Å². The molecule has 0 aliphatic rings. The number of hydrogen-bond acceptors (Lipinski definition) is 3. The topological polar surface area (TPSA) is 33.2 Å². The maximum atomic E-state index is 13.0. The fourth-order valence-corrected chi connectivity index (χ4v) is 3.80. The first-order chi connectivity index (χ1) is 11.1. The molecule has 23 heavy (non-hydrogen) atoms. The van der Waals surface area contributed by atoms with Gasteiger partial charge >= 0.3 is 0 Å². The molecule has 0 atom stereocenters. The van der Waals surface area contributed by atoms with Gasteiger partial charge in [0.05, 0.1) is 15.8 Å². The number of anilines is 1. The number of aromatic nitrogens is 1. The van der Waals surface area contributed by atoms with E-state index in [-0.39, 0.29) is 5.91 Å². The summed E-state index contributed by atoms with van der Waals surface area (Å²) in [4.78, 5) is 19.5. The van der Waals surface area contributed by atoms with Gasteiger partial charge in [-0.1, -0.05) is 49.4 Å². The van der Waals surface area contributed by atoms with Crippen molar-refractivity contribution in [2.75, 3.05) is 11.4 Å². The summed E-state index contributed by atoms with van der Waals surface area (Å²) in [5, 5.41) is 0.751. The molecular weight excluding hydrogens is 372 g/mol. The van der Waals surface area contributed by atoms with Gasteiger partial charge < -0.3 is 0 Å². The van der Waals surface area contributed by atoms with Crippen LogP contribution in [0.2, 0.25) is 0 Å². The predicted octanol–water partition coefficient (Wildman–Crippen LogP) is 5.36. The van der Waals surface area contributed by atoms with Crippen LogP contribution in [0.5, 0.6) is 0 Å². The monoisotopic (exact) mass is 388 g/mol. The Bertz CT molecular complexity index is 811. The van der Waals surface area contributed by atoms with Crippen molar-refractivity contribution in [3.63, 3.8) is 0 Å². The number of fused-ring (bicyclic) bond motifs is 1. The van der Waals surface area contributed by atoms with Crippen LogP contribution in [-0.4, -0.2) is 17.4 Å². The van der Waals surface area contributed by atoms with Crippen molar-refractivity contribution in [1.29, 1.82) is 0 Å². The molecule has 0 aliphatic heterocycles. The number of halogens is 1. The van der Waals surface area contributed by atoms with Gasteiger partial charge in [-0.2, -0.15) is 0 Å². The van der Waals surface area contributed by atoms with Crippen LogP contribution in [0, 0.1) is 5.92 Å². The molecule has 3 aromatic rings. The third-order valence-corrected chi connectivity index (χ3v) is 5.16. The predicted molar refractivity (Wildman–Crippen MR) is 100 cm³/mol. The van der Waals surface area contributed by atoms with Gasteiger partial charge in [0.1, 0.15) is 0 Å². The highest BCUT2D eigenvalue weighted by molar-refractivity contribution is 9.10. The molecule has 0 aliphatic carbocycles. The second-order valence-electron chi connectivity index (χ2n) is 5.75. The highest BCUT2D eigenvalue weighted by atomic mass is 79.9. The molecule has 0 fully saturated rings. The van der Waals surface area contributed by atoms with Crippen LogP contribution in [0.15, 0.2) is 53.0 Å². The zero-order chi connectivity index (χ0) is 16.4. The minimum absolute atomic E-state index is 0.0229. The fraction of sp³-hybridized carbons (Fsp3) is 0.222. The summed E-state index contributed by atoms with van der Waals surface area (Å²) in [6, 6.07) is 15.5.